The van der Waals surface area contributed by atoms with Gasteiger partial charge in [0.15, 0.2) is 11.5 Å². The van der Waals surface area contributed by atoms with Crippen LogP contribution in [0.25, 0.3) is 0 Å². The summed E-state index contributed by atoms with van der Waals surface area (Å²) in [5.74, 6) is -0.352. The number of anilines is 1. The first kappa shape index (κ1) is 19.1. The molecular formula is C20H21NO5S. The first-order valence-corrected chi connectivity index (χ1v) is 10.00. The van der Waals surface area contributed by atoms with Crippen molar-refractivity contribution in [2.24, 2.45) is 0 Å². The summed E-state index contributed by atoms with van der Waals surface area (Å²) in [5.41, 5.74) is 2.55. The highest BCUT2D eigenvalue weighted by Crippen LogP contribution is 2.34. The molecule has 0 saturated carbocycles. The maximum Gasteiger partial charge on any atom is 0.339 e. The minimum absolute atomic E-state index is 0.00562. The van der Waals surface area contributed by atoms with Gasteiger partial charge < -0.3 is 9.08 Å². The molecule has 0 spiro atoms. The minimum Gasteiger partial charge on any atom is -0.378 e. The van der Waals surface area contributed by atoms with Gasteiger partial charge in [0.1, 0.15) is 4.90 Å². The molecule has 1 atom stereocenters. The van der Waals surface area contributed by atoms with Crippen LogP contribution in [0.2, 0.25) is 0 Å². The Hall–Kier alpha value is -2.67. The van der Waals surface area contributed by atoms with Crippen LogP contribution in [0.4, 0.5) is 5.69 Å². The molecule has 0 aromatic heterocycles. The van der Waals surface area contributed by atoms with Crippen LogP contribution < -0.4 is 9.08 Å². The number of benzene rings is 2. The SMILES string of the molecule is CC(=O)c1cc(C)ccc1OS(=O)(=O)c1ccc2c(c1)C[C@@H](C)N2C(C)=O. The molecule has 0 aliphatic carbocycles. The van der Waals surface area contributed by atoms with Crippen molar-refractivity contribution in [1.29, 1.82) is 0 Å². The molecule has 0 unspecified atom stereocenters. The molecule has 7 heteroatoms. The smallest absolute Gasteiger partial charge is 0.339 e. The Bertz CT molecular complexity index is 1040. The Balaban J connectivity index is 1.97. The average molecular weight is 387 g/mol. The second kappa shape index (κ2) is 6.81. The first-order valence-electron chi connectivity index (χ1n) is 8.59. The Morgan fingerprint density at radius 1 is 1.11 bits per heavy atom. The van der Waals surface area contributed by atoms with E-state index in [1.54, 1.807) is 23.1 Å². The molecule has 0 N–H and O–H groups in total. The molecule has 1 aliphatic heterocycles. The van der Waals surface area contributed by atoms with E-state index in [2.05, 4.69) is 0 Å². The van der Waals surface area contributed by atoms with Gasteiger partial charge in [0.05, 0.1) is 5.56 Å². The third kappa shape index (κ3) is 3.60. The van der Waals surface area contributed by atoms with Gasteiger partial charge in [-0.2, -0.15) is 8.42 Å². The lowest BCUT2D eigenvalue weighted by atomic mass is 10.1. The first-order chi connectivity index (χ1) is 12.6. The Morgan fingerprint density at radius 3 is 2.44 bits per heavy atom. The molecule has 6 nitrogen and oxygen atoms in total. The van der Waals surface area contributed by atoms with E-state index >= 15 is 0 Å². The van der Waals surface area contributed by atoms with Crippen LogP contribution >= 0.6 is 0 Å². The summed E-state index contributed by atoms with van der Waals surface area (Å²) >= 11 is 0. The molecule has 27 heavy (non-hydrogen) atoms. The second-order valence-electron chi connectivity index (χ2n) is 6.83. The van der Waals surface area contributed by atoms with E-state index in [0.717, 1.165) is 11.1 Å². The van der Waals surface area contributed by atoms with E-state index in [0.29, 0.717) is 12.1 Å². The van der Waals surface area contributed by atoms with Gasteiger partial charge >= 0.3 is 10.1 Å². The summed E-state index contributed by atoms with van der Waals surface area (Å²) in [6.45, 7) is 6.58. The number of aryl methyl sites for hydroxylation is 1. The molecule has 1 aliphatic rings. The second-order valence-corrected chi connectivity index (χ2v) is 8.37. The highest BCUT2D eigenvalue weighted by Gasteiger charge is 2.31. The molecule has 3 rings (SSSR count). The van der Waals surface area contributed by atoms with Gasteiger partial charge in [-0.1, -0.05) is 11.6 Å². The molecule has 0 radical (unpaired) electrons. The Kier molecular flexibility index (Phi) is 4.82. The molecular weight excluding hydrogens is 366 g/mol. The zero-order valence-electron chi connectivity index (χ0n) is 15.6. The summed E-state index contributed by atoms with van der Waals surface area (Å²) in [6.07, 6.45) is 0.571. The van der Waals surface area contributed by atoms with E-state index in [1.807, 2.05) is 13.8 Å². The summed E-state index contributed by atoms with van der Waals surface area (Å²) in [7, 11) is -4.11. The zero-order chi connectivity index (χ0) is 19.9. The lowest BCUT2D eigenvalue weighted by Crippen LogP contribution is -2.33. The molecule has 142 valence electrons. The number of hydrogen-bond acceptors (Lipinski definition) is 5. The van der Waals surface area contributed by atoms with Gasteiger partial charge in [-0.25, -0.2) is 0 Å². The third-order valence-corrected chi connectivity index (χ3v) is 5.84. The number of ketones is 1. The highest BCUT2D eigenvalue weighted by atomic mass is 32.2. The van der Waals surface area contributed by atoms with Crippen LogP contribution in [-0.2, 0) is 21.3 Å². The van der Waals surface area contributed by atoms with Crippen LogP contribution in [0.1, 0.15) is 42.3 Å². The molecule has 1 amide bonds. The molecule has 0 saturated heterocycles. The van der Waals surface area contributed by atoms with Crippen LogP contribution in [0.3, 0.4) is 0 Å². The molecule has 0 fully saturated rings. The number of fused-ring (bicyclic) bond motifs is 1. The monoisotopic (exact) mass is 387 g/mol. The average Bonchev–Trinajstić information content (AvgIpc) is 2.91. The van der Waals surface area contributed by atoms with Crippen molar-refractivity contribution in [1.82, 2.24) is 0 Å². The zero-order valence-corrected chi connectivity index (χ0v) is 16.5. The number of carbonyl (C=O) groups excluding carboxylic acids is 2. The number of nitrogens with zero attached hydrogens (tertiary/aromatic N) is 1. The number of amides is 1. The predicted octanol–water partition coefficient (Wildman–Crippen LogP) is 3.26. The summed E-state index contributed by atoms with van der Waals surface area (Å²) in [4.78, 5) is 25.3. The number of carbonyl (C=O) groups is 2. The lowest BCUT2D eigenvalue weighted by Gasteiger charge is -2.20. The third-order valence-electron chi connectivity index (χ3n) is 4.61. The van der Waals surface area contributed by atoms with Crippen molar-refractivity contribution in [3.8, 4) is 5.75 Å². The quantitative estimate of drug-likeness (QED) is 0.594. The van der Waals surface area contributed by atoms with Crippen molar-refractivity contribution in [3.63, 3.8) is 0 Å². The Labute approximate surface area is 158 Å². The van der Waals surface area contributed by atoms with Crippen molar-refractivity contribution >= 4 is 27.5 Å². The van der Waals surface area contributed by atoms with Crippen LogP contribution in [-0.4, -0.2) is 26.2 Å². The number of rotatable bonds is 4. The van der Waals surface area contributed by atoms with Gasteiger partial charge in [-0.15, -0.1) is 0 Å². The molecule has 0 bridgehead atoms. The maximum atomic E-state index is 12.7. The van der Waals surface area contributed by atoms with Crippen LogP contribution in [0.5, 0.6) is 5.75 Å². The van der Waals surface area contributed by atoms with Crippen molar-refractivity contribution in [3.05, 3.63) is 53.1 Å². The van der Waals surface area contributed by atoms with E-state index in [9.17, 15) is 18.0 Å². The standard InChI is InChI=1S/C20H21NO5S/c1-12-5-8-20(18(9-12)14(3)22)26-27(24,25)17-6-7-19-16(11-17)10-13(2)21(19)15(4)23/h5-9,11,13H,10H2,1-4H3/t13-/m1/s1. The number of Topliss-reactive ketones (excluding diaryl/α,β-unsaturated/α-hetero) is 1. The number of hydrogen-bond donors (Lipinski definition) is 0. The van der Waals surface area contributed by atoms with Crippen LogP contribution in [0.15, 0.2) is 41.3 Å². The van der Waals surface area contributed by atoms with Crippen molar-refractivity contribution in [2.45, 2.75) is 45.1 Å². The molecule has 2 aromatic rings. The Morgan fingerprint density at radius 2 is 1.81 bits per heavy atom. The lowest BCUT2D eigenvalue weighted by molar-refractivity contribution is -0.116. The fourth-order valence-electron chi connectivity index (χ4n) is 3.40. The minimum atomic E-state index is -4.11. The summed E-state index contributed by atoms with van der Waals surface area (Å²) in [5, 5.41) is 0. The summed E-state index contributed by atoms with van der Waals surface area (Å²) in [6, 6.07) is 9.32. The molecule has 2 aromatic carbocycles. The topological polar surface area (TPSA) is 80.8 Å². The fraction of sp³-hybridized carbons (Fsp3) is 0.300. The van der Waals surface area contributed by atoms with E-state index < -0.39 is 10.1 Å². The van der Waals surface area contributed by atoms with Gasteiger partial charge in [0.25, 0.3) is 0 Å². The van der Waals surface area contributed by atoms with Crippen molar-refractivity contribution in [2.75, 3.05) is 4.90 Å². The van der Waals surface area contributed by atoms with E-state index in [1.165, 1.54) is 32.0 Å². The van der Waals surface area contributed by atoms with E-state index in [4.69, 9.17) is 4.18 Å². The van der Waals surface area contributed by atoms with Gasteiger partial charge in [0, 0.05) is 18.7 Å². The maximum absolute atomic E-state index is 12.7. The largest absolute Gasteiger partial charge is 0.378 e. The fourth-order valence-corrected chi connectivity index (χ4v) is 4.40. The van der Waals surface area contributed by atoms with Gasteiger partial charge in [-0.3, -0.25) is 9.59 Å². The summed E-state index contributed by atoms with van der Waals surface area (Å²) < 4.78 is 30.8. The van der Waals surface area contributed by atoms with Crippen molar-refractivity contribution < 1.29 is 22.2 Å². The predicted molar refractivity (Wildman–Crippen MR) is 102 cm³/mol. The highest BCUT2D eigenvalue weighted by molar-refractivity contribution is 7.87. The van der Waals surface area contributed by atoms with Gasteiger partial charge in [-0.05, 0) is 63.1 Å². The normalized spacial score (nSPS) is 16.1. The molecule has 1 heterocycles. The van der Waals surface area contributed by atoms with Crippen LogP contribution in [0, 0.1) is 6.92 Å². The van der Waals surface area contributed by atoms with Gasteiger partial charge in [0.2, 0.25) is 5.91 Å². The van der Waals surface area contributed by atoms with E-state index in [-0.39, 0.29) is 33.9 Å².